The predicted octanol–water partition coefficient (Wildman–Crippen LogP) is 1.67. The highest BCUT2D eigenvalue weighted by molar-refractivity contribution is 9.10. The Morgan fingerprint density at radius 3 is 2.50 bits per heavy atom. The van der Waals surface area contributed by atoms with E-state index in [9.17, 15) is 0 Å². The van der Waals surface area contributed by atoms with E-state index < -0.39 is 0 Å². The number of rotatable bonds is 3. The molecule has 12 heavy (non-hydrogen) atoms. The fraction of sp³-hybridized carbons (Fsp3) is 0.333. The summed E-state index contributed by atoms with van der Waals surface area (Å²) in [5.74, 6) is 0. The molecule has 0 radical (unpaired) electrons. The number of benzene rings is 1. The summed E-state index contributed by atoms with van der Waals surface area (Å²) in [5.41, 5.74) is 7.04. The first-order chi connectivity index (χ1) is 5.74. The maximum absolute atomic E-state index is 5.88. The van der Waals surface area contributed by atoms with Gasteiger partial charge in [-0.25, -0.2) is 0 Å². The molecule has 1 unspecified atom stereocenters. The van der Waals surface area contributed by atoms with Gasteiger partial charge in [-0.15, -0.1) is 0 Å². The molecule has 0 amide bonds. The Hall–Kier alpha value is -0.380. The van der Waals surface area contributed by atoms with Crippen LogP contribution in [0.15, 0.2) is 28.7 Å². The first kappa shape index (κ1) is 9.71. The number of hydrogen-bond acceptors (Lipinski definition) is 2. The van der Waals surface area contributed by atoms with Crippen molar-refractivity contribution in [3.05, 3.63) is 34.3 Å². The zero-order valence-corrected chi connectivity index (χ0v) is 8.64. The van der Waals surface area contributed by atoms with Crippen LogP contribution < -0.4 is 11.1 Å². The van der Waals surface area contributed by atoms with Gasteiger partial charge in [0.2, 0.25) is 0 Å². The van der Waals surface area contributed by atoms with Gasteiger partial charge in [0.05, 0.1) is 0 Å². The first-order valence-electron chi connectivity index (χ1n) is 3.89. The van der Waals surface area contributed by atoms with Gasteiger partial charge in [0.25, 0.3) is 0 Å². The van der Waals surface area contributed by atoms with Crippen LogP contribution in [0.3, 0.4) is 0 Å². The van der Waals surface area contributed by atoms with Crippen LogP contribution in [0.1, 0.15) is 11.6 Å². The summed E-state index contributed by atoms with van der Waals surface area (Å²) in [6, 6.07) is 8.16. The van der Waals surface area contributed by atoms with Crippen LogP contribution in [0.25, 0.3) is 0 Å². The van der Waals surface area contributed by atoms with E-state index in [1.165, 1.54) is 0 Å². The summed E-state index contributed by atoms with van der Waals surface area (Å²) >= 11 is 3.38. The molecule has 0 bridgehead atoms. The van der Waals surface area contributed by atoms with E-state index in [4.69, 9.17) is 5.73 Å². The summed E-state index contributed by atoms with van der Waals surface area (Å²) in [6.45, 7) is 0.807. The third-order valence-corrected chi connectivity index (χ3v) is 2.25. The van der Waals surface area contributed by atoms with Crippen LogP contribution in [-0.2, 0) is 0 Å². The number of nitrogens with two attached hydrogens (primary N) is 1. The molecule has 2 nitrogen and oxygen atoms in total. The quantitative estimate of drug-likeness (QED) is 0.827. The minimum Gasteiger partial charge on any atom is -0.323 e. The lowest BCUT2D eigenvalue weighted by Crippen LogP contribution is -2.23. The van der Waals surface area contributed by atoms with Crippen molar-refractivity contribution in [1.29, 1.82) is 0 Å². The van der Waals surface area contributed by atoms with Crippen LogP contribution >= 0.6 is 15.9 Å². The minimum atomic E-state index is 0.0862. The van der Waals surface area contributed by atoms with Crippen LogP contribution in [0.5, 0.6) is 0 Å². The molecule has 1 aromatic carbocycles. The molecule has 0 aliphatic carbocycles. The van der Waals surface area contributed by atoms with Crippen molar-refractivity contribution in [2.24, 2.45) is 5.73 Å². The van der Waals surface area contributed by atoms with Crippen molar-refractivity contribution in [3.63, 3.8) is 0 Å². The molecule has 0 aromatic heterocycles. The van der Waals surface area contributed by atoms with E-state index in [1.807, 2.05) is 31.3 Å². The molecule has 3 N–H and O–H groups in total. The molecule has 66 valence electrons. The lowest BCUT2D eigenvalue weighted by Gasteiger charge is -2.10. The Balaban J connectivity index is 2.68. The summed E-state index contributed by atoms with van der Waals surface area (Å²) in [5, 5.41) is 3.04. The van der Waals surface area contributed by atoms with Crippen molar-refractivity contribution in [3.8, 4) is 0 Å². The van der Waals surface area contributed by atoms with Gasteiger partial charge in [0.1, 0.15) is 0 Å². The van der Waals surface area contributed by atoms with Crippen molar-refractivity contribution in [2.75, 3.05) is 13.6 Å². The lowest BCUT2D eigenvalue weighted by molar-refractivity contribution is 0.653. The van der Waals surface area contributed by atoms with Gasteiger partial charge in [-0.1, -0.05) is 28.1 Å². The second-order valence-electron chi connectivity index (χ2n) is 2.72. The van der Waals surface area contributed by atoms with Crippen LogP contribution in [0.4, 0.5) is 0 Å². The maximum Gasteiger partial charge on any atom is 0.0421 e. The fourth-order valence-corrected chi connectivity index (χ4v) is 1.31. The Bertz CT molecular complexity index is 233. The Labute approximate surface area is 81.3 Å². The van der Waals surface area contributed by atoms with Gasteiger partial charge < -0.3 is 11.1 Å². The van der Waals surface area contributed by atoms with Gasteiger partial charge in [-0.05, 0) is 24.7 Å². The zero-order chi connectivity index (χ0) is 8.97. The van der Waals surface area contributed by atoms with Crippen LogP contribution in [-0.4, -0.2) is 13.6 Å². The van der Waals surface area contributed by atoms with E-state index in [1.54, 1.807) is 0 Å². The van der Waals surface area contributed by atoms with Crippen molar-refractivity contribution in [1.82, 2.24) is 5.32 Å². The average Bonchev–Trinajstić information content (AvgIpc) is 2.06. The predicted molar refractivity (Wildman–Crippen MR) is 55.0 cm³/mol. The largest absolute Gasteiger partial charge is 0.323 e. The second-order valence-corrected chi connectivity index (χ2v) is 3.63. The standard InChI is InChI=1S/C9H13BrN2/c1-12-6-9(11)7-2-4-8(10)5-3-7/h2-5,9,12H,6,11H2,1H3. The van der Waals surface area contributed by atoms with E-state index >= 15 is 0 Å². The summed E-state index contributed by atoms with van der Waals surface area (Å²) < 4.78 is 1.09. The number of hydrogen-bond donors (Lipinski definition) is 2. The highest BCUT2D eigenvalue weighted by Crippen LogP contribution is 2.14. The van der Waals surface area contributed by atoms with Crippen molar-refractivity contribution in [2.45, 2.75) is 6.04 Å². The van der Waals surface area contributed by atoms with Gasteiger partial charge in [-0.2, -0.15) is 0 Å². The highest BCUT2D eigenvalue weighted by Gasteiger charge is 2.02. The minimum absolute atomic E-state index is 0.0862. The normalized spacial score (nSPS) is 12.9. The fourth-order valence-electron chi connectivity index (χ4n) is 1.05. The monoisotopic (exact) mass is 228 g/mol. The first-order valence-corrected chi connectivity index (χ1v) is 4.69. The maximum atomic E-state index is 5.88. The molecular formula is C9H13BrN2. The van der Waals surface area contributed by atoms with Crippen molar-refractivity contribution < 1.29 is 0 Å². The summed E-state index contributed by atoms with van der Waals surface area (Å²) in [4.78, 5) is 0. The van der Waals surface area contributed by atoms with E-state index in [0.717, 1.165) is 16.6 Å². The molecule has 0 aliphatic rings. The highest BCUT2D eigenvalue weighted by atomic mass is 79.9. The van der Waals surface area contributed by atoms with Gasteiger partial charge in [0, 0.05) is 17.1 Å². The van der Waals surface area contributed by atoms with Gasteiger partial charge in [-0.3, -0.25) is 0 Å². The molecular weight excluding hydrogens is 216 g/mol. The molecule has 0 spiro atoms. The molecule has 1 rings (SSSR count). The summed E-state index contributed by atoms with van der Waals surface area (Å²) in [6.07, 6.45) is 0. The van der Waals surface area contributed by atoms with E-state index in [0.29, 0.717) is 0 Å². The molecule has 0 heterocycles. The third kappa shape index (κ3) is 2.59. The third-order valence-electron chi connectivity index (χ3n) is 1.72. The number of nitrogens with one attached hydrogen (secondary N) is 1. The molecule has 0 fully saturated rings. The molecule has 1 atom stereocenters. The van der Waals surface area contributed by atoms with Crippen LogP contribution in [0.2, 0.25) is 0 Å². The van der Waals surface area contributed by atoms with Crippen LogP contribution in [0, 0.1) is 0 Å². The molecule has 1 aromatic rings. The zero-order valence-electron chi connectivity index (χ0n) is 7.05. The molecule has 3 heteroatoms. The lowest BCUT2D eigenvalue weighted by atomic mass is 10.1. The number of likely N-dealkylation sites (N-methyl/N-ethyl adjacent to an activating group) is 1. The number of halogens is 1. The van der Waals surface area contributed by atoms with Gasteiger partial charge in [0.15, 0.2) is 0 Å². The van der Waals surface area contributed by atoms with E-state index in [-0.39, 0.29) is 6.04 Å². The van der Waals surface area contributed by atoms with E-state index in [2.05, 4.69) is 21.2 Å². The molecule has 0 saturated heterocycles. The Morgan fingerprint density at radius 2 is 2.00 bits per heavy atom. The average molecular weight is 229 g/mol. The smallest absolute Gasteiger partial charge is 0.0421 e. The SMILES string of the molecule is CNCC(N)c1ccc(Br)cc1. The Kier molecular flexibility index (Phi) is 3.72. The van der Waals surface area contributed by atoms with Gasteiger partial charge >= 0.3 is 0 Å². The van der Waals surface area contributed by atoms with Crippen molar-refractivity contribution >= 4 is 15.9 Å². The Morgan fingerprint density at radius 1 is 1.42 bits per heavy atom. The summed E-state index contributed by atoms with van der Waals surface area (Å²) in [7, 11) is 1.90. The second kappa shape index (κ2) is 4.60. The molecule has 0 saturated carbocycles. The molecule has 0 aliphatic heterocycles. The topological polar surface area (TPSA) is 38.0 Å².